The van der Waals surface area contributed by atoms with Crippen molar-refractivity contribution in [3.63, 3.8) is 0 Å². The van der Waals surface area contributed by atoms with E-state index < -0.39 is 0 Å². The zero-order chi connectivity index (χ0) is 14.5. The lowest BCUT2D eigenvalue weighted by molar-refractivity contribution is 0.209. The number of rotatable bonds is 5. The summed E-state index contributed by atoms with van der Waals surface area (Å²) < 4.78 is 0. The first-order valence-corrected chi connectivity index (χ1v) is 8.10. The predicted molar refractivity (Wildman–Crippen MR) is 88.3 cm³/mol. The van der Waals surface area contributed by atoms with E-state index in [2.05, 4.69) is 46.4 Å². The monoisotopic (exact) mass is 283 g/mol. The Morgan fingerprint density at radius 1 is 1.14 bits per heavy atom. The Morgan fingerprint density at radius 3 is 2.81 bits per heavy atom. The molecule has 1 aromatic heterocycles. The number of benzene rings is 1. The van der Waals surface area contributed by atoms with E-state index in [1.807, 2.05) is 12.4 Å². The smallest absolute Gasteiger partial charge is 0.0346 e. The van der Waals surface area contributed by atoms with Gasteiger partial charge in [-0.2, -0.15) is 0 Å². The van der Waals surface area contributed by atoms with Crippen LogP contribution in [0.5, 0.6) is 0 Å². The topological polar surface area (TPSA) is 28.2 Å². The van der Waals surface area contributed by atoms with Crippen LogP contribution in [0, 0.1) is 0 Å². The van der Waals surface area contributed by atoms with Crippen LogP contribution in [0.1, 0.15) is 31.7 Å². The summed E-state index contributed by atoms with van der Waals surface area (Å²) in [7, 11) is 0. The second kappa shape index (κ2) is 7.01. The van der Waals surface area contributed by atoms with Crippen LogP contribution in [0.3, 0.4) is 0 Å². The second-order valence-corrected chi connectivity index (χ2v) is 6.16. The molecule has 0 saturated carbocycles. The van der Waals surface area contributed by atoms with Gasteiger partial charge in [-0.05, 0) is 43.8 Å². The molecule has 0 amide bonds. The quantitative estimate of drug-likeness (QED) is 0.913. The summed E-state index contributed by atoms with van der Waals surface area (Å²) in [6.07, 6.45) is 8.05. The van der Waals surface area contributed by atoms with E-state index in [0.717, 1.165) is 13.1 Å². The molecule has 3 rings (SSSR count). The number of nitrogens with one attached hydrogen (secondary N) is 1. The van der Waals surface area contributed by atoms with Gasteiger partial charge in [-0.25, -0.2) is 0 Å². The van der Waals surface area contributed by atoms with Gasteiger partial charge in [0.1, 0.15) is 0 Å². The fourth-order valence-corrected chi connectivity index (χ4v) is 3.20. The Bertz CT molecular complexity index is 570. The third kappa shape index (κ3) is 3.80. The van der Waals surface area contributed by atoms with Crippen molar-refractivity contribution in [2.45, 2.75) is 38.8 Å². The number of nitrogens with zero attached hydrogens (tertiary/aromatic N) is 2. The van der Waals surface area contributed by atoms with Gasteiger partial charge in [0, 0.05) is 36.9 Å². The molecule has 1 unspecified atom stereocenters. The Labute approximate surface area is 127 Å². The molecule has 3 heteroatoms. The maximum atomic E-state index is 4.36. The van der Waals surface area contributed by atoms with Gasteiger partial charge in [0.05, 0.1) is 0 Å². The molecule has 2 heterocycles. The van der Waals surface area contributed by atoms with Crippen LogP contribution in [-0.2, 0) is 6.54 Å². The van der Waals surface area contributed by atoms with Gasteiger partial charge in [-0.3, -0.25) is 4.98 Å². The highest BCUT2D eigenvalue weighted by molar-refractivity contribution is 5.84. The fraction of sp³-hybridized carbons (Fsp3) is 0.500. The molecule has 1 aliphatic rings. The van der Waals surface area contributed by atoms with Gasteiger partial charge in [0.2, 0.25) is 0 Å². The zero-order valence-electron chi connectivity index (χ0n) is 12.9. The lowest BCUT2D eigenvalue weighted by Crippen LogP contribution is -2.41. The van der Waals surface area contributed by atoms with Crippen molar-refractivity contribution >= 4 is 10.8 Å². The highest BCUT2D eigenvalue weighted by atomic mass is 15.1. The Balaban J connectivity index is 1.58. The van der Waals surface area contributed by atoms with Crippen LogP contribution < -0.4 is 5.32 Å². The number of pyridine rings is 1. The fourth-order valence-electron chi connectivity index (χ4n) is 3.20. The van der Waals surface area contributed by atoms with Crippen LogP contribution in [0.4, 0.5) is 0 Å². The number of likely N-dealkylation sites (tertiary alicyclic amines) is 1. The van der Waals surface area contributed by atoms with Crippen LogP contribution in [-0.4, -0.2) is 35.6 Å². The standard InChI is InChI=1S/C18H25N3/c1-15(14-21-9-5-2-6-10-21)20-13-17-12-19-11-16-7-3-4-8-18(16)17/h3-4,7-8,11-12,15,20H,2,5-6,9-10,13-14H2,1H3. The maximum Gasteiger partial charge on any atom is 0.0346 e. The van der Waals surface area contributed by atoms with E-state index in [1.165, 1.54) is 48.7 Å². The molecular weight excluding hydrogens is 258 g/mol. The van der Waals surface area contributed by atoms with Crippen molar-refractivity contribution in [2.24, 2.45) is 0 Å². The molecule has 0 spiro atoms. The highest BCUT2D eigenvalue weighted by Gasteiger charge is 2.13. The molecule has 112 valence electrons. The maximum absolute atomic E-state index is 4.36. The minimum Gasteiger partial charge on any atom is -0.309 e. The van der Waals surface area contributed by atoms with Crippen molar-refractivity contribution in [1.29, 1.82) is 0 Å². The van der Waals surface area contributed by atoms with Crippen molar-refractivity contribution in [1.82, 2.24) is 15.2 Å². The molecule has 0 radical (unpaired) electrons. The molecule has 21 heavy (non-hydrogen) atoms. The summed E-state index contributed by atoms with van der Waals surface area (Å²) in [6.45, 7) is 6.86. The van der Waals surface area contributed by atoms with Crippen molar-refractivity contribution in [3.05, 3.63) is 42.2 Å². The van der Waals surface area contributed by atoms with Crippen LogP contribution in [0.2, 0.25) is 0 Å². The summed E-state index contributed by atoms with van der Waals surface area (Å²) in [4.78, 5) is 6.94. The van der Waals surface area contributed by atoms with E-state index in [9.17, 15) is 0 Å². The molecule has 0 aliphatic carbocycles. The van der Waals surface area contributed by atoms with E-state index in [4.69, 9.17) is 0 Å². The number of aromatic nitrogens is 1. The average molecular weight is 283 g/mol. The minimum atomic E-state index is 0.516. The van der Waals surface area contributed by atoms with Gasteiger partial charge in [-0.15, -0.1) is 0 Å². The number of hydrogen-bond acceptors (Lipinski definition) is 3. The van der Waals surface area contributed by atoms with Crippen LogP contribution in [0.15, 0.2) is 36.7 Å². The Morgan fingerprint density at radius 2 is 1.95 bits per heavy atom. The molecule has 3 nitrogen and oxygen atoms in total. The van der Waals surface area contributed by atoms with E-state index >= 15 is 0 Å². The molecule has 0 bridgehead atoms. The summed E-state index contributed by atoms with van der Waals surface area (Å²) in [5, 5.41) is 6.19. The first-order chi connectivity index (χ1) is 10.3. The molecule has 2 aromatic rings. The Kier molecular flexibility index (Phi) is 4.84. The summed E-state index contributed by atoms with van der Waals surface area (Å²) in [5.41, 5.74) is 1.29. The zero-order valence-corrected chi connectivity index (χ0v) is 12.9. The second-order valence-electron chi connectivity index (χ2n) is 6.16. The largest absolute Gasteiger partial charge is 0.309 e. The first kappa shape index (κ1) is 14.5. The minimum absolute atomic E-state index is 0.516. The number of fused-ring (bicyclic) bond motifs is 1. The lowest BCUT2D eigenvalue weighted by atomic mass is 10.1. The lowest BCUT2D eigenvalue weighted by Gasteiger charge is -2.29. The van der Waals surface area contributed by atoms with Gasteiger partial charge >= 0.3 is 0 Å². The summed E-state index contributed by atoms with van der Waals surface area (Å²) in [6, 6.07) is 9.00. The normalized spacial score (nSPS) is 18.0. The predicted octanol–water partition coefficient (Wildman–Crippen LogP) is 3.20. The molecule has 1 aromatic carbocycles. The van der Waals surface area contributed by atoms with Gasteiger partial charge in [-0.1, -0.05) is 30.7 Å². The van der Waals surface area contributed by atoms with Gasteiger partial charge in [0.25, 0.3) is 0 Å². The van der Waals surface area contributed by atoms with Crippen molar-refractivity contribution in [3.8, 4) is 0 Å². The van der Waals surface area contributed by atoms with Crippen molar-refractivity contribution < 1.29 is 0 Å². The molecule has 1 atom stereocenters. The van der Waals surface area contributed by atoms with Crippen LogP contribution in [0.25, 0.3) is 10.8 Å². The Hall–Kier alpha value is -1.45. The average Bonchev–Trinajstić information content (AvgIpc) is 2.54. The third-order valence-corrected chi connectivity index (χ3v) is 4.37. The molecule has 1 N–H and O–H groups in total. The summed E-state index contributed by atoms with van der Waals surface area (Å²) in [5.74, 6) is 0. The number of hydrogen-bond donors (Lipinski definition) is 1. The van der Waals surface area contributed by atoms with E-state index in [-0.39, 0.29) is 0 Å². The molecule has 1 aliphatic heterocycles. The van der Waals surface area contributed by atoms with Gasteiger partial charge < -0.3 is 10.2 Å². The van der Waals surface area contributed by atoms with Gasteiger partial charge in [0.15, 0.2) is 0 Å². The third-order valence-electron chi connectivity index (χ3n) is 4.37. The first-order valence-electron chi connectivity index (χ1n) is 8.10. The van der Waals surface area contributed by atoms with Crippen LogP contribution >= 0.6 is 0 Å². The number of piperidine rings is 1. The highest BCUT2D eigenvalue weighted by Crippen LogP contribution is 2.17. The summed E-state index contributed by atoms with van der Waals surface area (Å²) >= 11 is 0. The van der Waals surface area contributed by atoms with E-state index in [1.54, 1.807) is 0 Å². The van der Waals surface area contributed by atoms with E-state index in [0.29, 0.717) is 6.04 Å². The molecule has 1 fully saturated rings. The molecular formula is C18H25N3. The van der Waals surface area contributed by atoms with Crippen molar-refractivity contribution in [2.75, 3.05) is 19.6 Å². The SMILES string of the molecule is CC(CN1CCCCC1)NCc1cncc2ccccc12. The molecule has 1 saturated heterocycles.